The molecule has 3 rings (SSSR count). The van der Waals surface area contributed by atoms with Gasteiger partial charge in [0.2, 0.25) is 5.91 Å². The normalized spacial score (nSPS) is 21.3. The maximum absolute atomic E-state index is 12.6. The van der Waals surface area contributed by atoms with Gasteiger partial charge in [-0.3, -0.25) is 14.5 Å². The maximum Gasteiger partial charge on any atom is 0.311 e. The van der Waals surface area contributed by atoms with Crippen molar-refractivity contribution in [1.29, 1.82) is 0 Å². The Morgan fingerprint density at radius 1 is 1.30 bits per heavy atom. The molecule has 1 spiro atoms. The molecule has 1 amide bonds. The van der Waals surface area contributed by atoms with E-state index in [1.165, 1.54) is 14.2 Å². The van der Waals surface area contributed by atoms with Crippen molar-refractivity contribution in [2.24, 2.45) is 5.92 Å². The minimum atomic E-state index is -0.483. The number of hydrogen-bond acceptors (Lipinski definition) is 6. The first kappa shape index (κ1) is 21.9. The summed E-state index contributed by atoms with van der Waals surface area (Å²) in [5.74, 6) is -0.160. The molecule has 0 aliphatic carbocycles. The fraction of sp³-hybridized carbons (Fsp3) is 0.478. The average molecular weight is 415 g/mol. The summed E-state index contributed by atoms with van der Waals surface area (Å²) in [6, 6.07) is 5.23. The van der Waals surface area contributed by atoms with E-state index in [9.17, 15) is 14.7 Å². The third kappa shape index (κ3) is 4.21. The Bertz CT molecular complexity index is 827. The van der Waals surface area contributed by atoms with Gasteiger partial charge < -0.3 is 19.5 Å². The van der Waals surface area contributed by atoms with Gasteiger partial charge in [-0.15, -0.1) is 6.58 Å². The molecule has 7 heteroatoms. The van der Waals surface area contributed by atoms with Crippen LogP contribution in [0.4, 0.5) is 0 Å². The zero-order valence-corrected chi connectivity index (χ0v) is 17.7. The highest BCUT2D eigenvalue weighted by molar-refractivity contribution is 5.89. The number of methoxy groups -OCH3 is 2. The number of hydrogen-bond donors (Lipinski definition) is 1. The van der Waals surface area contributed by atoms with E-state index in [2.05, 4.69) is 17.6 Å². The van der Waals surface area contributed by atoms with Crippen LogP contribution in [0.1, 0.15) is 24.8 Å². The lowest BCUT2D eigenvalue weighted by atomic mass is 9.76. The molecule has 2 saturated heterocycles. The number of benzene rings is 1. The average Bonchev–Trinajstić information content (AvgIpc) is 3.02. The summed E-state index contributed by atoms with van der Waals surface area (Å²) in [6.07, 6.45) is 7.46. The van der Waals surface area contributed by atoms with Crippen LogP contribution in [0.3, 0.4) is 0 Å². The van der Waals surface area contributed by atoms with Gasteiger partial charge in [0.05, 0.1) is 25.7 Å². The number of amides is 1. The van der Waals surface area contributed by atoms with Gasteiger partial charge in [-0.25, -0.2) is 0 Å². The minimum absolute atomic E-state index is 0.0000710. The Morgan fingerprint density at radius 3 is 2.67 bits per heavy atom. The number of nitrogens with zero attached hydrogens (tertiary/aromatic N) is 2. The molecule has 2 aliphatic rings. The fourth-order valence-electron chi connectivity index (χ4n) is 4.65. The zero-order chi connectivity index (χ0) is 21.7. The molecule has 1 aromatic carbocycles. The van der Waals surface area contributed by atoms with Crippen molar-refractivity contribution in [3.05, 3.63) is 42.5 Å². The predicted molar refractivity (Wildman–Crippen MR) is 114 cm³/mol. The van der Waals surface area contributed by atoms with E-state index < -0.39 is 11.5 Å². The third-order valence-electron chi connectivity index (χ3n) is 6.26. The Labute approximate surface area is 177 Å². The number of rotatable bonds is 7. The molecular weight excluding hydrogens is 384 g/mol. The number of esters is 1. The summed E-state index contributed by atoms with van der Waals surface area (Å²) in [7, 11) is 2.91. The van der Waals surface area contributed by atoms with E-state index >= 15 is 0 Å². The van der Waals surface area contributed by atoms with Crippen LogP contribution in [0.5, 0.6) is 11.5 Å². The zero-order valence-electron chi connectivity index (χ0n) is 17.7. The first-order valence-corrected chi connectivity index (χ1v) is 10.2. The summed E-state index contributed by atoms with van der Waals surface area (Å²) < 4.78 is 10.1. The number of phenols is 1. The molecule has 1 unspecified atom stereocenters. The Morgan fingerprint density at radius 2 is 2.03 bits per heavy atom. The van der Waals surface area contributed by atoms with Crippen molar-refractivity contribution < 1.29 is 24.2 Å². The van der Waals surface area contributed by atoms with Crippen LogP contribution in [-0.4, -0.2) is 72.7 Å². The molecule has 162 valence electrons. The largest absolute Gasteiger partial charge is 0.504 e. The van der Waals surface area contributed by atoms with Gasteiger partial charge in [-0.1, -0.05) is 24.3 Å². The second kappa shape index (κ2) is 9.34. The Hall–Kier alpha value is -2.80. The SMILES string of the molecule is C=CCN1C(=O)CC(C(=O)OC)C12CCN(C/C=C/c1ccc(O)c(OC)c1)CC2. The van der Waals surface area contributed by atoms with E-state index in [1.54, 1.807) is 18.2 Å². The topological polar surface area (TPSA) is 79.3 Å². The molecule has 1 N–H and O–H groups in total. The monoisotopic (exact) mass is 414 g/mol. The fourth-order valence-corrected chi connectivity index (χ4v) is 4.65. The van der Waals surface area contributed by atoms with Crippen LogP contribution in [-0.2, 0) is 14.3 Å². The lowest BCUT2D eigenvalue weighted by molar-refractivity contribution is -0.150. The van der Waals surface area contributed by atoms with Gasteiger partial charge in [-0.05, 0) is 30.5 Å². The van der Waals surface area contributed by atoms with Gasteiger partial charge >= 0.3 is 5.97 Å². The number of aromatic hydroxyl groups is 1. The summed E-state index contributed by atoms with van der Waals surface area (Å²) in [5.41, 5.74) is 0.463. The third-order valence-corrected chi connectivity index (χ3v) is 6.26. The number of phenolic OH excluding ortho intramolecular Hbond substituents is 1. The molecule has 1 aromatic rings. The summed E-state index contributed by atoms with van der Waals surface area (Å²) in [4.78, 5) is 29.1. The quantitative estimate of drug-likeness (QED) is 0.545. The van der Waals surface area contributed by atoms with Crippen LogP contribution in [0, 0.1) is 5.92 Å². The van der Waals surface area contributed by atoms with Gasteiger partial charge in [0.25, 0.3) is 0 Å². The molecule has 2 fully saturated rings. The molecule has 0 aromatic heterocycles. The highest BCUT2D eigenvalue weighted by atomic mass is 16.5. The molecule has 1 atom stereocenters. The highest BCUT2D eigenvalue weighted by Gasteiger charge is 2.56. The second-order valence-corrected chi connectivity index (χ2v) is 7.81. The van der Waals surface area contributed by atoms with Crippen molar-refractivity contribution in [2.75, 3.05) is 40.4 Å². The van der Waals surface area contributed by atoms with Gasteiger partial charge in [0.15, 0.2) is 11.5 Å². The van der Waals surface area contributed by atoms with Crippen LogP contribution in [0.15, 0.2) is 36.9 Å². The van der Waals surface area contributed by atoms with E-state index in [1.807, 2.05) is 17.0 Å². The first-order valence-electron chi connectivity index (χ1n) is 10.2. The van der Waals surface area contributed by atoms with Crippen molar-refractivity contribution in [3.63, 3.8) is 0 Å². The smallest absolute Gasteiger partial charge is 0.311 e. The van der Waals surface area contributed by atoms with Crippen molar-refractivity contribution in [3.8, 4) is 11.5 Å². The van der Waals surface area contributed by atoms with E-state index in [0.29, 0.717) is 12.3 Å². The van der Waals surface area contributed by atoms with E-state index in [0.717, 1.165) is 38.0 Å². The molecule has 0 saturated carbocycles. The lowest BCUT2D eigenvalue weighted by Crippen LogP contribution is -2.57. The van der Waals surface area contributed by atoms with Crippen LogP contribution in [0.25, 0.3) is 6.08 Å². The van der Waals surface area contributed by atoms with Crippen LogP contribution in [0.2, 0.25) is 0 Å². The number of likely N-dealkylation sites (tertiary alicyclic amines) is 2. The van der Waals surface area contributed by atoms with Gasteiger partial charge in [0.1, 0.15) is 0 Å². The van der Waals surface area contributed by atoms with Crippen molar-refractivity contribution in [1.82, 2.24) is 9.80 Å². The van der Waals surface area contributed by atoms with Crippen LogP contribution < -0.4 is 4.74 Å². The molecular formula is C23H30N2O5. The molecule has 0 radical (unpaired) electrons. The second-order valence-electron chi connectivity index (χ2n) is 7.81. The number of carbonyl (C=O) groups excluding carboxylic acids is 2. The molecule has 30 heavy (non-hydrogen) atoms. The molecule has 2 heterocycles. The number of piperidine rings is 1. The molecule has 0 bridgehead atoms. The van der Waals surface area contributed by atoms with Gasteiger partial charge in [-0.2, -0.15) is 0 Å². The Balaban J connectivity index is 1.65. The number of carbonyl (C=O) groups is 2. The van der Waals surface area contributed by atoms with E-state index in [4.69, 9.17) is 9.47 Å². The molecule has 7 nitrogen and oxygen atoms in total. The summed E-state index contributed by atoms with van der Waals surface area (Å²) >= 11 is 0. The van der Waals surface area contributed by atoms with Crippen molar-refractivity contribution >= 4 is 18.0 Å². The number of ether oxygens (including phenoxy) is 2. The van der Waals surface area contributed by atoms with Gasteiger partial charge in [0, 0.05) is 32.6 Å². The highest BCUT2D eigenvalue weighted by Crippen LogP contribution is 2.44. The first-order chi connectivity index (χ1) is 14.4. The summed E-state index contributed by atoms with van der Waals surface area (Å²) in [5, 5.41) is 9.70. The molecule has 2 aliphatic heterocycles. The van der Waals surface area contributed by atoms with Crippen molar-refractivity contribution in [2.45, 2.75) is 24.8 Å². The lowest BCUT2D eigenvalue weighted by Gasteiger charge is -2.46. The van der Waals surface area contributed by atoms with E-state index in [-0.39, 0.29) is 24.0 Å². The maximum atomic E-state index is 12.6. The predicted octanol–water partition coefficient (Wildman–Crippen LogP) is 2.46. The Kier molecular flexibility index (Phi) is 6.82. The van der Waals surface area contributed by atoms with Crippen LogP contribution >= 0.6 is 0 Å². The minimum Gasteiger partial charge on any atom is -0.504 e. The summed E-state index contributed by atoms with van der Waals surface area (Å²) in [6.45, 7) is 6.57. The standard InChI is InChI=1S/C23H30N2O5/c1-4-11-25-21(27)16-18(22(28)30-3)23(25)9-13-24(14-10-23)12-5-6-17-7-8-19(26)20(15-17)29-2/h4-8,15,18,26H,1,9-14,16H2,2-3H3/b6-5+.